The van der Waals surface area contributed by atoms with Gasteiger partial charge in [0, 0.05) is 6.42 Å². The highest BCUT2D eigenvalue weighted by Gasteiger charge is 2.32. The van der Waals surface area contributed by atoms with E-state index in [4.69, 9.17) is 9.47 Å². The van der Waals surface area contributed by atoms with Crippen molar-refractivity contribution in [1.29, 1.82) is 0 Å². The van der Waals surface area contributed by atoms with Crippen LogP contribution in [0.1, 0.15) is 57.7 Å². The number of carbonyl (C=O) groups excluding carboxylic acids is 2. The third kappa shape index (κ3) is 10.3. The monoisotopic (exact) mass is 594 g/mol. The highest BCUT2D eigenvalue weighted by atomic mass is 32.2. The van der Waals surface area contributed by atoms with Gasteiger partial charge in [0.2, 0.25) is 15.9 Å². The van der Waals surface area contributed by atoms with Gasteiger partial charge in [-0.3, -0.25) is 4.79 Å². The Morgan fingerprint density at radius 1 is 0.833 bits per heavy atom. The fraction of sp³-hybridized carbons (Fsp3) is 0.394. The molecule has 3 aromatic carbocycles. The summed E-state index contributed by atoms with van der Waals surface area (Å²) in [6, 6.07) is 21.5. The van der Waals surface area contributed by atoms with Gasteiger partial charge in [0.25, 0.3) is 0 Å². The van der Waals surface area contributed by atoms with E-state index >= 15 is 0 Å². The number of esters is 1. The second-order valence-electron chi connectivity index (χ2n) is 11.8. The quantitative estimate of drug-likeness (QED) is 0.259. The van der Waals surface area contributed by atoms with E-state index in [0.717, 1.165) is 11.1 Å². The van der Waals surface area contributed by atoms with Crippen molar-refractivity contribution in [3.63, 3.8) is 0 Å². The van der Waals surface area contributed by atoms with Crippen LogP contribution >= 0.6 is 0 Å². The number of ether oxygens (including phenoxy) is 2. The Kier molecular flexibility index (Phi) is 11.3. The molecule has 0 aromatic heterocycles. The zero-order valence-corrected chi connectivity index (χ0v) is 26.0. The SMILES string of the molecule is Cc1ccccc1S(=O)(=O)NC(CC(C)C)C(=O)NC(Cc1ccc(OCc2ccccc2)cc1)C(=O)OC(C)(C)C. The Morgan fingerprint density at radius 3 is 2.05 bits per heavy atom. The minimum absolute atomic E-state index is 0.00345. The van der Waals surface area contributed by atoms with Crippen LogP contribution in [0.2, 0.25) is 0 Å². The number of nitrogens with one attached hydrogen (secondary N) is 2. The van der Waals surface area contributed by atoms with Crippen molar-refractivity contribution in [1.82, 2.24) is 10.0 Å². The molecule has 2 N–H and O–H groups in total. The molecular formula is C33H42N2O6S. The maximum Gasteiger partial charge on any atom is 0.329 e. The second kappa shape index (κ2) is 14.5. The van der Waals surface area contributed by atoms with E-state index in [0.29, 0.717) is 17.9 Å². The van der Waals surface area contributed by atoms with Crippen LogP contribution in [0.4, 0.5) is 0 Å². The molecule has 3 rings (SSSR count). The molecule has 0 fully saturated rings. The second-order valence-corrected chi connectivity index (χ2v) is 13.5. The third-order valence-electron chi connectivity index (χ3n) is 6.32. The van der Waals surface area contributed by atoms with E-state index in [1.165, 1.54) is 6.07 Å². The van der Waals surface area contributed by atoms with Crippen LogP contribution in [0, 0.1) is 12.8 Å². The number of benzene rings is 3. The fourth-order valence-electron chi connectivity index (χ4n) is 4.33. The lowest BCUT2D eigenvalue weighted by Gasteiger charge is -2.27. The summed E-state index contributed by atoms with van der Waals surface area (Å²) in [4.78, 5) is 26.9. The van der Waals surface area contributed by atoms with Gasteiger partial charge >= 0.3 is 5.97 Å². The number of hydrogen-bond acceptors (Lipinski definition) is 6. The molecular weight excluding hydrogens is 552 g/mol. The van der Waals surface area contributed by atoms with Crippen molar-refractivity contribution in [2.24, 2.45) is 5.92 Å². The summed E-state index contributed by atoms with van der Waals surface area (Å²) in [5, 5.41) is 2.77. The molecule has 226 valence electrons. The normalized spacial score (nSPS) is 13.3. The Hall–Kier alpha value is -3.69. The molecule has 0 saturated carbocycles. The van der Waals surface area contributed by atoms with E-state index in [-0.39, 0.29) is 23.7 Å². The predicted molar refractivity (Wildman–Crippen MR) is 163 cm³/mol. The van der Waals surface area contributed by atoms with E-state index in [1.807, 2.05) is 68.4 Å². The summed E-state index contributed by atoms with van der Waals surface area (Å²) >= 11 is 0. The van der Waals surface area contributed by atoms with Crippen molar-refractivity contribution in [3.8, 4) is 5.75 Å². The van der Waals surface area contributed by atoms with E-state index in [9.17, 15) is 18.0 Å². The lowest BCUT2D eigenvalue weighted by atomic mass is 10.0. The maximum atomic E-state index is 13.6. The predicted octanol–water partition coefficient (Wildman–Crippen LogP) is 5.34. The van der Waals surface area contributed by atoms with E-state index in [2.05, 4.69) is 10.0 Å². The van der Waals surface area contributed by atoms with Crippen molar-refractivity contribution < 1.29 is 27.5 Å². The van der Waals surface area contributed by atoms with Crippen molar-refractivity contribution in [2.45, 2.75) is 83.6 Å². The van der Waals surface area contributed by atoms with Gasteiger partial charge in [-0.1, -0.05) is 74.5 Å². The topological polar surface area (TPSA) is 111 Å². The lowest BCUT2D eigenvalue weighted by molar-refractivity contribution is -0.158. The Balaban J connectivity index is 1.78. The van der Waals surface area contributed by atoms with Gasteiger partial charge < -0.3 is 14.8 Å². The molecule has 8 nitrogen and oxygen atoms in total. The van der Waals surface area contributed by atoms with Crippen molar-refractivity contribution >= 4 is 21.9 Å². The van der Waals surface area contributed by atoms with Gasteiger partial charge in [-0.05, 0) is 74.9 Å². The number of rotatable bonds is 13. The average Bonchev–Trinajstić information content (AvgIpc) is 2.91. The Bertz CT molecular complexity index is 1430. The largest absolute Gasteiger partial charge is 0.489 e. The Labute approximate surface area is 249 Å². The van der Waals surface area contributed by atoms with Crippen LogP contribution in [0.15, 0.2) is 83.8 Å². The molecule has 1 amide bonds. The zero-order valence-electron chi connectivity index (χ0n) is 25.2. The molecule has 42 heavy (non-hydrogen) atoms. The first-order chi connectivity index (χ1) is 19.7. The zero-order chi connectivity index (χ0) is 30.9. The first kappa shape index (κ1) is 32.8. The molecule has 0 bridgehead atoms. The molecule has 0 spiro atoms. The summed E-state index contributed by atoms with van der Waals surface area (Å²) in [6.07, 6.45) is 0.393. The standard InChI is InChI=1S/C33H42N2O6S/c1-23(2)20-28(35-42(38,39)30-15-11-10-12-24(30)3)31(36)34-29(32(37)41-33(4,5)6)21-25-16-18-27(19-17-25)40-22-26-13-8-7-9-14-26/h7-19,23,28-29,35H,20-22H2,1-6H3,(H,34,36). The summed E-state index contributed by atoms with van der Waals surface area (Å²) in [7, 11) is -4.00. The van der Waals surface area contributed by atoms with Gasteiger partial charge in [-0.25, -0.2) is 13.2 Å². The summed E-state index contributed by atoms with van der Waals surface area (Å²) in [5.41, 5.74) is 1.61. The summed E-state index contributed by atoms with van der Waals surface area (Å²) in [5.74, 6) is -0.531. The van der Waals surface area contributed by atoms with Crippen LogP contribution in [0.3, 0.4) is 0 Å². The number of sulfonamides is 1. The highest BCUT2D eigenvalue weighted by molar-refractivity contribution is 7.89. The number of amides is 1. The molecule has 0 aliphatic carbocycles. The minimum Gasteiger partial charge on any atom is -0.489 e. The van der Waals surface area contributed by atoms with Crippen LogP contribution in [-0.4, -0.2) is 38.0 Å². The first-order valence-corrected chi connectivity index (χ1v) is 15.6. The van der Waals surface area contributed by atoms with Crippen molar-refractivity contribution in [3.05, 3.63) is 95.6 Å². The van der Waals surface area contributed by atoms with Crippen LogP contribution < -0.4 is 14.8 Å². The summed E-state index contributed by atoms with van der Waals surface area (Å²) < 4.78 is 40.5. The molecule has 0 aliphatic heterocycles. The van der Waals surface area contributed by atoms with E-state index in [1.54, 1.807) is 45.9 Å². The highest BCUT2D eigenvalue weighted by Crippen LogP contribution is 2.19. The van der Waals surface area contributed by atoms with E-state index < -0.39 is 39.6 Å². The van der Waals surface area contributed by atoms with Gasteiger partial charge in [0.05, 0.1) is 4.90 Å². The van der Waals surface area contributed by atoms with Gasteiger partial charge in [0.1, 0.15) is 30.0 Å². The molecule has 3 aromatic rings. The molecule has 0 saturated heterocycles. The number of carbonyl (C=O) groups is 2. The van der Waals surface area contributed by atoms with Crippen molar-refractivity contribution in [2.75, 3.05) is 0 Å². The van der Waals surface area contributed by atoms with Gasteiger partial charge in [-0.2, -0.15) is 4.72 Å². The van der Waals surface area contributed by atoms with Gasteiger partial charge in [-0.15, -0.1) is 0 Å². The fourth-order valence-corrected chi connectivity index (χ4v) is 5.78. The summed E-state index contributed by atoms with van der Waals surface area (Å²) in [6.45, 7) is 11.2. The molecule has 9 heteroatoms. The molecule has 2 atom stereocenters. The minimum atomic E-state index is -4.00. The van der Waals surface area contributed by atoms with Crippen LogP contribution in [-0.2, 0) is 37.4 Å². The lowest BCUT2D eigenvalue weighted by Crippen LogP contribution is -2.53. The number of aryl methyl sites for hydroxylation is 1. The molecule has 0 radical (unpaired) electrons. The van der Waals surface area contributed by atoms with Crippen LogP contribution in [0.5, 0.6) is 5.75 Å². The van der Waals surface area contributed by atoms with Gasteiger partial charge in [0.15, 0.2) is 0 Å². The average molecular weight is 595 g/mol. The third-order valence-corrected chi connectivity index (χ3v) is 7.96. The smallest absolute Gasteiger partial charge is 0.329 e. The molecule has 0 heterocycles. The first-order valence-electron chi connectivity index (χ1n) is 14.1. The van der Waals surface area contributed by atoms with Crippen LogP contribution in [0.25, 0.3) is 0 Å². The number of hydrogen-bond donors (Lipinski definition) is 2. The molecule has 0 aliphatic rings. The molecule has 2 unspecified atom stereocenters. The maximum absolute atomic E-state index is 13.6. The Morgan fingerprint density at radius 2 is 1.45 bits per heavy atom.